The fraction of sp³-hybridized carbons (Fsp3) is 0.514. The largest absolute Gasteiger partial charge is 0.573 e. The molecule has 0 aromatic heterocycles. The lowest BCUT2D eigenvalue weighted by Crippen LogP contribution is -2.26. The summed E-state index contributed by atoms with van der Waals surface area (Å²) in [7, 11) is -3.18. The van der Waals surface area contributed by atoms with Gasteiger partial charge in [-0.25, -0.2) is 4.79 Å². The summed E-state index contributed by atoms with van der Waals surface area (Å²) in [6, 6.07) is 10.1. The molecule has 0 radical (unpaired) electrons. The molecular weight excluding hydrogens is 637 g/mol. The van der Waals surface area contributed by atoms with Crippen molar-refractivity contribution in [3.8, 4) is 17.2 Å². The van der Waals surface area contributed by atoms with E-state index in [2.05, 4.69) is 4.74 Å². The molecule has 2 fully saturated rings. The number of esters is 1. The fourth-order valence-corrected chi connectivity index (χ4v) is 7.91. The number of carbonyl (C=O) groups is 1. The summed E-state index contributed by atoms with van der Waals surface area (Å²) >= 11 is 0. The normalized spacial score (nSPS) is 17.5. The standard InChI is InChI=1S/C35H41F3O8S/c1-21(2)34(43-3)45-30-18-26-16-25(15-14-24(26)17-31(30)46-35(36,37)38)33(39)44-27-19-28(22-10-6-4-7-11-22)32(47(40,41)42)29(20-27)23-12-8-5-9-13-23/h14-23,34H,4-13H2,1-3H3,(H,40,41,42). The predicted octanol–water partition coefficient (Wildman–Crippen LogP) is 9.31. The Morgan fingerprint density at radius 2 is 1.38 bits per heavy atom. The average Bonchev–Trinajstić information content (AvgIpc) is 3.02. The van der Waals surface area contributed by atoms with Gasteiger partial charge in [0.1, 0.15) is 10.6 Å². The molecule has 256 valence electrons. The maximum Gasteiger partial charge on any atom is 0.573 e. The van der Waals surface area contributed by atoms with Crippen LogP contribution in [0, 0.1) is 5.92 Å². The van der Waals surface area contributed by atoms with Gasteiger partial charge in [0, 0.05) is 13.0 Å². The minimum Gasteiger partial charge on any atom is -0.461 e. The van der Waals surface area contributed by atoms with Crippen molar-refractivity contribution in [1.82, 2.24) is 0 Å². The zero-order valence-electron chi connectivity index (χ0n) is 26.8. The number of fused-ring (bicyclic) bond motifs is 1. The van der Waals surface area contributed by atoms with Gasteiger partial charge in [-0.15, -0.1) is 13.2 Å². The summed E-state index contributed by atoms with van der Waals surface area (Å²) < 4.78 is 97.0. The maximum absolute atomic E-state index is 13.6. The molecule has 0 saturated heterocycles. The van der Waals surface area contributed by atoms with Gasteiger partial charge in [-0.05, 0) is 95.8 Å². The van der Waals surface area contributed by atoms with Gasteiger partial charge in [-0.1, -0.05) is 58.4 Å². The molecule has 47 heavy (non-hydrogen) atoms. The second-order valence-electron chi connectivity index (χ2n) is 12.8. The van der Waals surface area contributed by atoms with E-state index in [9.17, 15) is 30.9 Å². The van der Waals surface area contributed by atoms with Gasteiger partial charge >= 0.3 is 12.3 Å². The van der Waals surface area contributed by atoms with Crippen LogP contribution >= 0.6 is 0 Å². The smallest absolute Gasteiger partial charge is 0.461 e. The predicted molar refractivity (Wildman–Crippen MR) is 170 cm³/mol. The second-order valence-corrected chi connectivity index (χ2v) is 14.2. The minimum atomic E-state index is -4.96. The van der Waals surface area contributed by atoms with Gasteiger partial charge in [0.25, 0.3) is 10.1 Å². The molecule has 3 aromatic carbocycles. The third-order valence-corrected chi connectivity index (χ3v) is 10.0. The van der Waals surface area contributed by atoms with Crippen LogP contribution in [0.15, 0.2) is 47.4 Å². The Kier molecular flexibility index (Phi) is 10.7. The molecular formula is C35H41F3O8S. The molecule has 2 aliphatic rings. The molecule has 5 rings (SSSR count). The Balaban J connectivity index is 1.53. The monoisotopic (exact) mass is 678 g/mol. The number of halogens is 3. The Morgan fingerprint density at radius 3 is 1.87 bits per heavy atom. The van der Waals surface area contributed by atoms with Crippen LogP contribution in [-0.2, 0) is 14.9 Å². The average molecular weight is 679 g/mol. The fourth-order valence-electron chi connectivity index (χ4n) is 6.86. The highest BCUT2D eigenvalue weighted by atomic mass is 32.2. The zero-order chi connectivity index (χ0) is 33.9. The molecule has 2 saturated carbocycles. The molecule has 2 aliphatic carbocycles. The second kappa shape index (κ2) is 14.4. The van der Waals surface area contributed by atoms with Crippen LogP contribution in [0.25, 0.3) is 10.8 Å². The Labute approximate surface area is 273 Å². The number of alkyl halides is 3. The van der Waals surface area contributed by atoms with Gasteiger partial charge in [0.15, 0.2) is 11.5 Å². The number of methoxy groups -OCH3 is 1. The molecule has 3 aromatic rings. The Bertz CT molecular complexity index is 1650. The van der Waals surface area contributed by atoms with Crippen molar-refractivity contribution >= 4 is 26.9 Å². The van der Waals surface area contributed by atoms with Crippen LogP contribution in [0.2, 0.25) is 0 Å². The van der Waals surface area contributed by atoms with E-state index < -0.39 is 34.5 Å². The lowest BCUT2D eigenvalue weighted by molar-refractivity contribution is -0.275. The highest BCUT2D eigenvalue weighted by Crippen LogP contribution is 2.45. The summed E-state index contributed by atoms with van der Waals surface area (Å²) in [4.78, 5) is 13.5. The molecule has 0 amide bonds. The molecule has 0 aliphatic heterocycles. The minimum absolute atomic E-state index is 0.0537. The molecule has 1 atom stereocenters. The van der Waals surface area contributed by atoms with E-state index in [1.165, 1.54) is 37.4 Å². The molecule has 8 nitrogen and oxygen atoms in total. The number of hydrogen-bond donors (Lipinski definition) is 1. The van der Waals surface area contributed by atoms with Gasteiger partial charge in [-0.3, -0.25) is 4.55 Å². The van der Waals surface area contributed by atoms with Crippen molar-refractivity contribution in [2.75, 3.05) is 7.11 Å². The first kappa shape index (κ1) is 35.0. The highest BCUT2D eigenvalue weighted by molar-refractivity contribution is 7.86. The third-order valence-electron chi connectivity index (χ3n) is 9.06. The summed E-state index contributed by atoms with van der Waals surface area (Å²) in [5.74, 6) is -1.71. The lowest BCUT2D eigenvalue weighted by atomic mass is 9.79. The number of benzene rings is 3. The van der Waals surface area contributed by atoms with E-state index in [0.29, 0.717) is 21.9 Å². The number of carbonyl (C=O) groups excluding carboxylic acids is 1. The molecule has 1 N–H and O–H groups in total. The van der Waals surface area contributed by atoms with Gasteiger partial charge in [-0.2, -0.15) is 8.42 Å². The Morgan fingerprint density at radius 1 is 0.830 bits per heavy atom. The topological polar surface area (TPSA) is 108 Å². The van der Waals surface area contributed by atoms with Crippen molar-refractivity contribution in [3.05, 3.63) is 59.2 Å². The van der Waals surface area contributed by atoms with Gasteiger partial charge in [0.05, 0.1) is 5.56 Å². The highest BCUT2D eigenvalue weighted by Gasteiger charge is 2.34. The number of rotatable bonds is 10. The first-order valence-corrected chi connectivity index (χ1v) is 17.6. The first-order chi connectivity index (χ1) is 22.2. The van der Waals surface area contributed by atoms with Crippen molar-refractivity contribution in [3.63, 3.8) is 0 Å². The van der Waals surface area contributed by atoms with E-state index in [4.69, 9.17) is 14.2 Å². The number of ether oxygens (including phenoxy) is 4. The SMILES string of the molecule is COC(Oc1cc2cc(C(=O)Oc3cc(C4CCCCC4)c(S(=O)(=O)O)c(C4CCCCC4)c3)ccc2cc1OC(F)(F)F)C(C)C. The van der Waals surface area contributed by atoms with Crippen LogP contribution in [0.4, 0.5) is 13.2 Å². The van der Waals surface area contributed by atoms with E-state index in [1.54, 1.807) is 26.0 Å². The van der Waals surface area contributed by atoms with Crippen LogP contribution < -0.4 is 14.2 Å². The van der Waals surface area contributed by atoms with E-state index in [-0.39, 0.29) is 39.7 Å². The van der Waals surface area contributed by atoms with Gasteiger partial charge in [0.2, 0.25) is 6.29 Å². The van der Waals surface area contributed by atoms with Crippen molar-refractivity contribution < 1.29 is 49.9 Å². The summed E-state index contributed by atoms with van der Waals surface area (Å²) in [5, 5.41) is 0.762. The van der Waals surface area contributed by atoms with Crippen molar-refractivity contribution in [2.24, 2.45) is 5.92 Å². The third kappa shape index (κ3) is 8.58. The summed E-state index contributed by atoms with van der Waals surface area (Å²) in [5.41, 5.74) is 1.08. The molecule has 1 unspecified atom stereocenters. The van der Waals surface area contributed by atoms with Crippen LogP contribution in [0.3, 0.4) is 0 Å². The van der Waals surface area contributed by atoms with E-state index in [1.807, 2.05) is 0 Å². The summed E-state index contributed by atoms with van der Waals surface area (Å²) in [6.45, 7) is 3.57. The molecule has 0 bridgehead atoms. The molecule has 12 heteroatoms. The Hall–Kier alpha value is -3.35. The van der Waals surface area contributed by atoms with Crippen molar-refractivity contribution in [2.45, 2.75) is 107 Å². The maximum atomic E-state index is 13.6. The van der Waals surface area contributed by atoms with Crippen LogP contribution in [0.1, 0.15) is 111 Å². The van der Waals surface area contributed by atoms with Crippen LogP contribution in [-0.4, -0.2) is 38.7 Å². The van der Waals surface area contributed by atoms with Crippen molar-refractivity contribution in [1.29, 1.82) is 0 Å². The lowest BCUT2D eigenvalue weighted by Gasteiger charge is -2.29. The van der Waals surface area contributed by atoms with E-state index >= 15 is 0 Å². The zero-order valence-corrected chi connectivity index (χ0v) is 27.6. The first-order valence-electron chi connectivity index (χ1n) is 16.1. The number of hydrogen-bond acceptors (Lipinski definition) is 7. The van der Waals surface area contributed by atoms with Gasteiger partial charge < -0.3 is 18.9 Å². The van der Waals surface area contributed by atoms with Crippen LogP contribution in [0.5, 0.6) is 17.2 Å². The molecule has 0 spiro atoms. The van der Waals surface area contributed by atoms with E-state index in [0.717, 1.165) is 64.2 Å². The quantitative estimate of drug-likeness (QED) is 0.0979. The molecule has 0 heterocycles. The summed E-state index contributed by atoms with van der Waals surface area (Å²) in [6.07, 6.45) is 3.04.